The van der Waals surface area contributed by atoms with E-state index in [9.17, 15) is 5.11 Å². The van der Waals surface area contributed by atoms with Crippen molar-refractivity contribution in [1.29, 1.82) is 0 Å². The maximum atomic E-state index is 10.9. The van der Waals surface area contributed by atoms with Crippen LogP contribution in [0, 0.1) is 0 Å². The minimum Gasteiger partial charge on any atom is -0.493 e. The summed E-state index contributed by atoms with van der Waals surface area (Å²) in [6, 6.07) is 15.3. The van der Waals surface area contributed by atoms with Gasteiger partial charge in [-0.1, -0.05) is 18.2 Å². The van der Waals surface area contributed by atoms with Gasteiger partial charge >= 0.3 is 0 Å². The van der Waals surface area contributed by atoms with Crippen LogP contribution in [0.3, 0.4) is 0 Å². The molecule has 0 spiro atoms. The third kappa shape index (κ3) is 2.91. The van der Waals surface area contributed by atoms with Crippen molar-refractivity contribution in [3.63, 3.8) is 0 Å². The van der Waals surface area contributed by atoms with Crippen LogP contribution in [0.1, 0.15) is 19.4 Å². The fraction of sp³-hybridized carbons (Fsp3) is 0.273. The molecule has 2 aromatic carbocycles. The van der Waals surface area contributed by atoms with E-state index in [1.165, 1.54) is 0 Å². The highest BCUT2D eigenvalue weighted by molar-refractivity contribution is 5.76. The number of methoxy groups -OCH3 is 2. The Morgan fingerprint density at radius 2 is 1.64 bits per heavy atom. The number of aromatic nitrogens is 1. The molecule has 0 saturated heterocycles. The van der Waals surface area contributed by atoms with Gasteiger partial charge in [0.15, 0.2) is 11.5 Å². The van der Waals surface area contributed by atoms with E-state index in [4.69, 9.17) is 9.47 Å². The van der Waals surface area contributed by atoms with Crippen molar-refractivity contribution in [2.75, 3.05) is 14.2 Å². The number of aromatic hydroxyl groups is 1. The summed E-state index contributed by atoms with van der Waals surface area (Å²) >= 11 is 0. The second-order valence-corrected chi connectivity index (χ2v) is 7.46. The van der Waals surface area contributed by atoms with Crippen LogP contribution in [0.2, 0.25) is 0 Å². The molecule has 1 aliphatic heterocycles. The van der Waals surface area contributed by atoms with E-state index in [1.807, 2.05) is 53.1 Å². The second-order valence-electron chi connectivity index (χ2n) is 7.46. The Kier molecular flexibility index (Phi) is 4.34. The lowest BCUT2D eigenvalue weighted by molar-refractivity contribution is 0.297. The summed E-state index contributed by atoms with van der Waals surface area (Å²) < 4.78 is 12.9. The summed E-state index contributed by atoms with van der Waals surface area (Å²) in [7, 11) is 3.25. The first-order valence-corrected chi connectivity index (χ1v) is 9.12. The molecular formula is C22H23N3O3. The number of nitrogens with zero attached hydrogens (tertiary/aromatic N) is 3. The zero-order valence-corrected chi connectivity index (χ0v) is 16.4. The topological polar surface area (TPSA) is 68.3 Å². The zero-order chi connectivity index (χ0) is 19.9. The zero-order valence-electron chi connectivity index (χ0n) is 16.4. The Morgan fingerprint density at radius 3 is 2.32 bits per heavy atom. The van der Waals surface area contributed by atoms with E-state index < -0.39 is 0 Å². The minimum absolute atomic E-state index is 0.111. The molecule has 0 atom stereocenters. The third-order valence-electron chi connectivity index (χ3n) is 5.10. The first-order valence-electron chi connectivity index (χ1n) is 9.12. The summed E-state index contributed by atoms with van der Waals surface area (Å²) in [5.41, 5.74) is 3.86. The number of benzene rings is 2. The molecular weight excluding hydrogens is 354 g/mol. The van der Waals surface area contributed by atoms with Crippen molar-refractivity contribution in [2.24, 2.45) is 10.2 Å². The van der Waals surface area contributed by atoms with Crippen molar-refractivity contribution in [1.82, 2.24) is 4.57 Å². The van der Waals surface area contributed by atoms with Crippen LogP contribution in [0.5, 0.6) is 17.4 Å². The van der Waals surface area contributed by atoms with Crippen LogP contribution in [0.4, 0.5) is 11.4 Å². The van der Waals surface area contributed by atoms with Gasteiger partial charge in [-0.15, -0.1) is 5.11 Å². The standard InChI is InChI=1S/C22H23N3O3/c1-22(2)13-14-10-19(27-3)20(28-4)11-16(14)18-12-17(21(26)25(18)22)24-23-15-8-6-5-7-9-15/h5-12,26H,13H2,1-4H3. The molecule has 0 unspecified atom stereocenters. The predicted molar refractivity (Wildman–Crippen MR) is 108 cm³/mol. The highest BCUT2D eigenvalue weighted by Gasteiger charge is 2.35. The smallest absolute Gasteiger partial charge is 0.220 e. The van der Waals surface area contributed by atoms with Crippen molar-refractivity contribution >= 4 is 11.4 Å². The molecule has 1 aromatic heterocycles. The number of rotatable bonds is 4. The number of hydrogen-bond acceptors (Lipinski definition) is 5. The Balaban J connectivity index is 1.86. The Labute approximate surface area is 164 Å². The molecule has 0 saturated carbocycles. The predicted octanol–water partition coefficient (Wildman–Crippen LogP) is 5.58. The quantitative estimate of drug-likeness (QED) is 0.603. The van der Waals surface area contributed by atoms with Gasteiger partial charge in [-0.25, -0.2) is 0 Å². The molecule has 0 amide bonds. The van der Waals surface area contributed by atoms with Gasteiger partial charge in [0.25, 0.3) is 0 Å². The van der Waals surface area contributed by atoms with Crippen molar-refractivity contribution in [3.8, 4) is 28.6 Å². The van der Waals surface area contributed by atoms with Crippen LogP contribution in [0.15, 0.2) is 58.8 Å². The Morgan fingerprint density at radius 1 is 0.964 bits per heavy atom. The number of ether oxygens (including phenoxy) is 2. The maximum absolute atomic E-state index is 10.9. The summed E-state index contributed by atoms with van der Waals surface area (Å²) in [4.78, 5) is 0. The molecule has 2 heterocycles. The van der Waals surface area contributed by atoms with E-state index >= 15 is 0 Å². The lowest BCUT2D eigenvalue weighted by Crippen LogP contribution is -2.32. The molecule has 0 fully saturated rings. The fourth-order valence-electron chi connectivity index (χ4n) is 3.83. The van der Waals surface area contributed by atoms with Gasteiger partial charge in [-0.2, -0.15) is 5.11 Å². The van der Waals surface area contributed by atoms with Crippen LogP contribution in [-0.4, -0.2) is 23.9 Å². The van der Waals surface area contributed by atoms with Crippen LogP contribution >= 0.6 is 0 Å². The molecule has 0 aliphatic carbocycles. The Hall–Kier alpha value is -3.28. The molecule has 1 aliphatic rings. The molecule has 6 nitrogen and oxygen atoms in total. The molecule has 28 heavy (non-hydrogen) atoms. The number of fused-ring (bicyclic) bond motifs is 3. The minimum atomic E-state index is -0.327. The van der Waals surface area contributed by atoms with Gasteiger partial charge in [0.05, 0.1) is 25.6 Å². The van der Waals surface area contributed by atoms with Gasteiger partial charge in [0.2, 0.25) is 5.88 Å². The number of azo groups is 1. The molecule has 4 rings (SSSR count). The number of hydrogen-bond donors (Lipinski definition) is 1. The summed E-state index contributed by atoms with van der Waals surface area (Å²) in [6.07, 6.45) is 0.743. The van der Waals surface area contributed by atoms with Gasteiger partial charge in [0.1, 0.15) is 5.69 Å². The van der Waals surface area contributed by atoms with E-state index in [2.05, 4.69) is 24.1 Å². The molecule has 6 heteroatoms. The lowest BCUT2D eigenvalue weighted by Gasteiger charge is -2.35. The fourth-order valence-corrected chi connectivity index (χ4v) is 3.83. The summed E-state index contributed by atoms with van der Waals surface area (Å²) in [5, 5.41) is 19.4. The summed E-state index contributed by atoms with van der Waals surface area (Å²) in [6.45, 7) is 4.18. The van der Waals surface area contributed by atoms with Crippen LogP contribution in [-0.2, 0) is 12.0 Å². The van der Waals surface area contributed by atoms with E-state index in [0.29, 0.717) is 17.2 Å². The Bertz CT molecular complexity index is 1050. The van der Waals surface area contributed by atoms with Crippen molar-refractivity contribution < 1.29 is 14.6 Å². The maximum Gasteiger partial charge on any atom is 0.220 e. The van der Waals surface area contributed by atoms with Gasteiger partial charge in [0, 0.05) is 11.1 Å². The van der Waals surface area contributed by atoms with Crippen LogP contribution < -0.4 is 9.47 Å². The SMILES string of the molecule is COc1cc2c(cc1OC)-c1cc(N=Nc3ccccc3)c(O)n1C(C)(C)C2. The largest absolute Gasteiger partial charge is 0.493 e. The average Bonchev–Trinajstić information content (AvgIpc) is 3.03. The van der Waals surface area contributed by atoms with Crippen molar-refractivity contribution in [3.05, 3.63) is 54.1 Å². The lowest BCUT2D eigenvalue weighted by atomic mass is 9.86. The van der Waals surface area contributed by atoms with E-state index in [-0.39, 0.29) is 11.4 Å². The molecule has 144 valence electrons. The van der Waals surface area contributed by atoms with Crippen LogP contribution in [0.25, 0.3) is 11.3 Å². The monoisotopic (exact) mass is 377 g/mol. The van der Waals surface area contributed by atoms with E-state index in [1.54, 1.807) is 14.2 Å². The highest BCUT2D eigenvalue weighted by atomic mass is 16.5. The molecule has 0 bridgehead atoms. The average molecular weight is 377 g/mol. The molecule has 3 aromatic rings. The third-order valence-corrected chi connectivity index (χ3v) is 5.10. The summed E-state index contributed by atoms with van der Waals surface area (Å²) in [5.74, 6) is 1.46. The highest BCUT2D eigenvalue weighted by Crippen LogP contribution is 2.49. The van der Waals surface area contributed by atoms with Crippen molar-refractivity contribution in [2.45, 2.75) is 25.8 Å². The van der Waals surface area contributed by atoms with Gasteiger partial charge in [-0.05, 0) is 56.2 Å². The molecule has 1 N–H and O–H groups in total. The first-order chi connectivity index (χ1) is 13.4. The normalized spacial score (nSPS) is 14.6. The van der Waals surface area contributed by atoms with E-state index in [0.717, 1.165) is 28.9 Å². The van der Waals surface area contributed by atoms with Gasteiger partial charge in [-0.3, -0.25) is 0 Å². The molecule has 0 radical (unpaired) electrons. The first kappa shape index (κ1) is 18.1. The second kappa shape index (κ2) is 6.71. The van der Waals surface area contributed by atoms with Gasteiger partial charge < -0.3 is 19.1 Å².